The highest BCUT2D eigenvalue weighted by atomic mass is 16.2. The lowest BCUT2D eigenvalue weighted by Gasteiger charge is -2.17. The Kier molecular flexibility index (Phi) is 4.28. The molecule has 1 aliphatic rings. The molecule has 0 aliphatic carbocycles. The molecule has 1 unspecified atom stereocenters. The fraction of sp³-hybridized carbons (Fsp3) is 0.222. The first-order valence-corrected chi connectivity index (χ1v) is 7.61. The van der Waals surface area contributed by atoms with Crippen molar-refractivity contribution in [3.05, 3.63) is 60.2 Å². The van der Waals surface area contributed by atoms with Gasteiger partial charge in [0.05, 0.1) is 18.2 Å². The summed E-state index contributed by atoms with van der Waals surface area (Å²) in [5.74, 6) is -0.613. The van der Waals surface area contributed by atoms with E-state index in [1.165, 1.54) is 0 Å². The van der Waals surface area contributed by atoms with E-state index >= 15 is 0 Å². The smallest absolute Gasteiger partial charge is 0.243 e. The van der Waals surface area contributed by atoms with Crippen LogP contribution in [0, 0.1) is 12.8 Å². The second-order valence-electron chi connectivity index (χ2n) is 5.74. The third-order valence-corrected chi connectivity index (χ3v) is 3.85. The van der Waals surface area contributed by atoms with E-state index in [2.05, 4.69) is 10.7 Å². The maximum absolute atomic E-state index is 12.1. The lowest BCUT2D eigenvalue weighted by Crippen LogP contribution is -2.32. The van der Waals surface area contributed by atoms with E-state index in [0.717, 1.165) is 16.9 Å². The van der Waals surface area contributed by atoms with Gasteiger partial charge >= 0.3 is 0 Å². The summed E-state index contributed by atoms with van der Waals surface area (Å²) in [5.41, 5.74) is 5.61. The van der Waals surface area contributed by atoms with Gasteiger partial charge in [-0.1, -0.05) is 35.9 Å². The predicted octanol–water partition coefficient (Wildman–Crippen LogP) is 2.49. The van der Waals surface area contributed by atoms with Crippen LogP contribution in [0.1, 0.15) is 12.0 Å². The van der Waals surface area contributed by atoms with Gasteiger partial charge in [0, 0.05) is 12.1 Å². The molecule has 2 aromatic rings. The molecule has 5 heteroatoms. The van der Waals surface area contributed by atoms with Crippen molar-refractivity contribution in [1.82, 2.24) is 5.43 Å². The van der Waals surface area contributed by atoms with Crippen LogP contribution in [0.4, 0.5) is 11.4 Å². The van der Waals surface area contributed by atoms with E-state index < -0.39 is 0 Å². The molecule has 2 N–H and O–H groups in total. The Morgan fingerprint density at radius 1 is 1.17 bits per heavy atom. The molecule has 0 aromatic heterocycles. The Labute approximate surface area is 135 Å². The van der Waals surface area contributed by atoms with Crippen molar-refractivity contribution in [2.24, 2.45) is 5.92 Å². The van der Waals surface area contributed by atoms with Crippen LogP contribution in [0.15, 0.2) is 54.6 Å². The van der Waals surface area contributed by atoms with Gasteiger partial charge in [-0.15, -0.1) is 0 Å². The van der Waals surface area contributed by atoms with E-state index in [1.807, 2.05) is 61.5 Å². The standard InChI is InChI=1S/C18H19N3O2/c1-13-7-9-15(10-8-13)19-17(22)11-14-12-21(20-18(14)23)16-5-3-2-4-6-16/h2-10,14H,11-12H2,1H3,(H,19,22)(H,20,23). The number of aryl methyl sites for hydroxylation is 1. The molecule has 0 spiro atoms. The molecular weight excluding hydrogens is 290 g/mol. The van der Waals surface area contributed by atoms with Crippen LogP contribution in [0.3, 0.4) is 0 Å². The molecule has 3 rings (SSSR count). The monoisotopic (exact) mass is 309 g/mol. The van der Waals surface area contributed by atoms with Crippen LogP contribution in [-0.2, 0) is 9.59 Å². The van der Waals surface area contributed by atoms with E-state index in [4.69, 9.17) is 0 Å². The van der Waals surface area contributed by atoms with E-state index in [9.17, 15) is 9.59 Å². The lowest BCUT2D eigenvalue weighted by molar-refractivity contribution is -0.126. The summed E-state index contributed by atoms with van der Waals surface area (Å²) in [5, 5.41) is 4.62. The fourth-order valence-corrected chi connectivity index (χ4v) is 2.58. The average Bonchev–Trinajstić information content (AvgIpc) is 2.91. The van der Waals surface area contributed by atoms with E-state index in [0.29, 0.717) is 6.54 Å². The van der Waals surface area contributed by atoms with Gasteiger partial charge in [-0.2, -0.15) is 0 Å². The van der Waals surface area contributed by atoms with Gasteiger partial charge in [-0.3, -0.25) is 20.0 Å². The Morgan fingerprint density at radius 3 is 2.57 bits per heavy atom. The topological polar surface area (TPSA) is 61.4 Å². The summed E-state index contributed by atoms with van der Waals surface area (Å²) < 4.78 is 0. The van der Waals surface area contributed by atoms with Crippen LogP contribution < -0.4 is 15.8 Å². The Balaban J connectivity index is 1.58. The normalized spacial score (nSPS) is 17.0. The molecule has 118 valence electrons. The number of carbonyl (C=O) groups is 2. The summed E-state index contributed by atoms with van der Waals surface area (Å²) in [4.78, 5) is 24.2. The first-order valence-electron chi connectivity index (χ1n) is 7.61. The molecule has 2 amide bonds. The maximum Gasteiger partial charge on any atom is 0.243 e. The van der Waals surface area contributed by atoms with Crippen molar-refractivity contribution < 1.29 is 9.59 Å². The third kappa shape index (κ3) is 3.69. The molecule has 5 nitrogen and oxygen atoms in total. The van der Waals surface area contributed by atoms with Crippen LogP contribution >= 0.6 is 0 Å². The molecule has 2 aromatic carbocycles. The second kappa shape index (κ2) is 6.52. The number of rotatable bonds is 4. The van der Waals surface area contributed by atoms with Gasteiger partial charge in [0.15, 0.2) is 0 Å². The van der Waals surface area contributed by atoms with Crippen molar-refractivity contribution in [2.75, 3.05) is 16.9 Å². The van der Waals surface area contributed by atoms with Crippen molar-refractivity contribution in [3.63, 3.8) is 0 Å². The third-order valence-electron chi connectivity index (χ3n) is 3.85. The number of para-hydroxylation sites is 1. The van der Waals surface area contributed by atoms with Crippen LogP contribution in [0.5, 0.6) is 0 Å². The highest BCUT2D eigenvalue weighted by Crippen LogP contribution is 2.20. The molecule has 1 atom stereocenters. The van der Waals surface area contributed by atoms with Gasteiger partial charge in [-0.25, -0.2) is 0 Å². The summed E-state index contributed by atoms with van der Waals surface area (Å²) in [7, 11) is 0. The number of carbonyl (C=O) groups excluding carboxylic acids is 2. The van der Waals surface area contributed by atoms with Gasteiger partial charge in [-0.05, 0) is 31.2 Å². The first-order chi connectivity index (χ1) is 11.1. The van der Waals surface area contributed by atoms with Crippen molar-refractivity contribution in [3.8, 4) is 0 Å². The van der Waals surface area contributed by atoms with Gasteiger partial charge in [0.1, 0.15) is 0 Å². The average molecular weight is 309 g/mol. The molecule has 23 heavy (non-hydrogen) atoms. The number of anilines is 2. The number of hydrogen-bond donors (Lipinski definition) is 2. The zero-order valence-electron chi connectivity index (χ0n) is 13.0. The summed E-state index contributed by atoms with van der Waals surface area (Å²) in [6, 6.07) is 17.2. The number of nitrogens with one attached hydrogen (secondary N) is 2. The fourth-order valence-electron chi connectivity index (χ4n) is 2.58. The summed E-state index contributed by atoms with van der Waals surface area (Å²) >= 11 is 0. The molecule has 1 saturated heterocycles. The Bertz CT molecular complexity index is 698. The predicted molar refractivity (Wildman–Crippen MR) is 89.8 cm³/mol. The molecule has 0 bridgehead atoms. The summed E-state index contributed by atoms with van der Waals surface area (Å²) in [6.07, 6.45) is 0.170. The quantitative estimate of drug-likeness (QED) is 0.912. The second-order valence-corrected chi connectivity index (χ2v) is 5.74. The van der Waals surface area contributed by atoms with Crippen LogP contribution in [-0.4, -0.2) is 18.4 Å². The van der Waals surface area contributed by atoms with E-state index in [1.54, 1.807) is 5.01 Å². The minimum Gasteiger partial charge on any atom is -0.326 e. The van der Waals surface area contributed by atoms with E-state index in [-0.39, 0.29) is 24.2 Å². The Morgan fingerprint density at radius 2 is 1.87 bits per heavy atom. The minimum absolute atomic E-state index is 0.118. The molecule has 1 fully saturated rings. The van der Waals surface area contributed by atoms with Crippen molar-refractivity contribution in [1.29, 1.82) is 0 Å². The largest absolute Gasteiger partial charge is 0.326 e. The van der Waals surface area contributed by atoms with Crippen LogP contribution in [0.2, 0.25) is 0 Å². The minimum atomic E-state index is -0.347. The zero-order chi connectivity index (χ0) is 16.2. The number of nitrogens with zero attached hydrogens (tertiary/aromatic N) is 1. The molecule has 0 radical (unpaired) electrons. The van der Waals surface area contributed by atoms with Crippen molar-refractivity contribution in [2.45, 2.75) is 13.3 Å². The molecule has 0 saturated carbocycles. The van der Waals surface area contributed by atoms with Gasteiger partial charge < -0.3 is 5.32 Å². The van der Waals surface area contributed by atoms with Gasteiger partial charge in [0.25, 0.3) is 0 Å². The number of amides is 2. The van der Waals surface area contributed by atoms with Crippen LogP contribution in [0.25, 0.3) is 0 Å². The highest BCUT2D eigenvalue weighted by Gasteiger charge is 2.32. The SMILES string of the molecule is Cc1ccc(NC(=O)CC2CN(c3ccccc3)NC2=O)cc1. The Hall–Kier alpha value is -2.82. The molecule has 1 aliphatic heterocycles. The molecular formula is C18H19N3O2. The lowest BCUT2D eigenvalue weighted by atomic mass is 10.1. The summed E-state index contributed by atoms with van der Waals surface area (Å²) in [6.45, 7) is 2.48. The van der Waals surface area contributed by atoms with Crippen molar-refractivity contribution >= 4 is 23.2 Å². The molecule has 1 heterocycles. The number of hydrogen-bond acceptors (Lipinski definition) is 3. The number of benzene rings is 2. The maximum atomic E-state index is 12.1. The zero-order valence-corrected chi connectivity index (χ0v) is 13.0. The van der Waals surface area contributed by atoms with Gasteiger partial charge in [0.2, 0.25) is 11.8 Å². The number of hydrazine groups is 1. The highest BCUT2D eigenvalue weighted by molar-refractivity contribution is 5.95. The first kappa shape index (κ1) is 15.1.